The molecule has 540 valence electrons. The Labute approximate surface area is 596 Å². The molecule has 2 unspecified atom stereocenters. The zero-order valence-corrected chi connectivity index (χ0v) is 58.9. The molecule has 0 aliphatic carbocycles. The molecule has 0 spiro atoms. The average molecular weight is 1470 g/mol. The lowest BCUT2D eigenvalue weighted by Crippen LogP contribution is -2.63. The number of imide groups is 1. The van der Waals surface area contributed by atoms with Crippen molar-refractivity contribution in [2.24, 2.45) is 5.92 Å². The summed E-state index contributed by atoms with van der Waals surface area (Å²) in [6, 6.07) is 16.3. The fourth-order valence-corrected chi connectivity index (χ4v) is 15.8. The Kier molecular flexibility index (Phi) is 22.6. The van der Waals surface area contributed by atoms with E-state index in [9.17, 15) is 48.6 Å². The lowest BCUT2D eigenvalue weighted by atomic mass is 9.86. The number of fused-ring (bicyclic) bond motifs is 5. The van der Waals surface area contributed by atoms with Gasteiger partial charge in [-0.2, -0.15) is 0 Å². The smallest absolute Gasteiger partial charge is 0.343 e. The predicted octanol–water partition coefficient (Wildman–Crippen LogP) is 6.65. The molecule has 12 rings (SSSR count). The number of rotatable bonds is 27. The molecule has 0 saturated carbocycles. The fourth-order valence-electron chi connectivity index (χ4n) is 12.6. The van der Waals surface area contributed by atoms with E-state index in [0.29, 0.717) is 112 Å². The maximum Gasteiger partial charge on any atom is 0.343 e. The second-order valence-electron chi connectivity index (χ2n) is 25.3. The summed E-state index contributed by atoms with van der Waals surface area (Å²) in [6.07, 6.45) is -0.849. The van der Waals surface area contributed by atoms with Gasteiger partial charge in [-0.3, -0.25) is 38.9 Å². The third-order valence-electron chi connectivity index (χ3n) is 18.7. The average Bonchev–Trinajstić information content (AvgIpc) is 1.51. The van der Waals surface area contributed by atoms with Crippen LogP contribution in [-0.2, 0) is 77.6 Å². The highest BCUT2D eigenvalue weighted by Crippen LogP contribution is 2.49. The molecule has 6 amide bonds. The first-order valence-electron chi connectivity index (χ1n) is 33.3. The lowest BCUT2D eigenvalue weighted by Gasteiger charge is -2.36. The number of carbonyl (C=O) groups is 7. The van der Waals surface area contributed by atoms with Crippen molar-refractivity contribution in [1.29, 1.82) is 0 Å². The van der Waals surface area contributed by atoms with Gasteiger partial charge in [-0.1, -0.05) is 44.3 Å². The Morgan fingerprint density at radius 3 is 1.86 bits per heavy atom. The molecule has 25 nitrogen and oxygen atoms in total. The van der Waals surface area contributed by atoms with E-state index in [2.05, 4.69) is 16.0 Å². The number of thioether (sulfide) groups is 3. The van der Waals surface area contributed by atoms with Crippen LogP contribution >= 0.6 is 35.3 Å². The summed E-state index contributed by atoms with van der Waals surface area (Å²) in [6.45, 7) is 10.9. The maximum absolute atomic E-state index is 16.3. The van der Waals surface area contributed by atoms with Gasteiger partial charge in [-0.25, -0.2) is 27.8 Å². The highest BCUT2D eigenvalue weighted by molar-refractivity contribution is 8.08. The Balaban J connectivity index is 0.587. The van der Waals surface area contributed by atoms with Gasteiger partial charge >= 0.3 is 5.97 Å². The number of cyclic esters (lactones) is 1. The van der Waals surface area contributed by atoms with Gasteiger partial charge in [-0.05, 0) is 92.8 Å². The number of anilines is 2. The van der Waals surface area contributed by atoms with Gasteiger partial charge in [-0.15, -0.1) is 11.8 Å². The Morgan fingerprint density at radius 2 is 1.30 bits per heavy atom. The number of aryl methyl sites for hydroxylation is 1. The highest BCUT2D eigenvalue weighted by Gasteiger charge is 2.47. The number of aliphatic hydroxyl groups is 2. The van der Waals surface area contributed by atoms with E-state index < -0.39 is 87.7 Å². The number of ether oxygens (including phenoxy) is 7. The first kappa shape index (κ1) is 73.5. The van der Waals surface area contributed by atoms with Crippen LogP contribution in [0.2, 0.25) is 0 Å². The molecule has 0 bridgehead atoms. The number of halogens is 3. The van der Waals surface area contributed by atoms with E-state index in [-0.39, 0.29) is 115 Å². The Morgan fingerprint density at radius 1 is 0.745 bits per heavy atom. The van der Waals surface area contributed by atoms with Gasteiger partial charge in [0, 0.05) is 92.5 Å². The number of aromatic nitrogens is 2. The van der Waals surface area contributed by atoms with Gasteiger partial charge in [0.1, 0.15) is 31.3 Å². The molecule has 6 aromatic rings. The van der Waals surface area contributed by atoms with Gasteiger partial charge in [0.15, 0.2) is 23.0 Å². The minimum absolute atomic E-state index is 0.0213. The molecular weight excluding hydrogens is 1390 g/mol. The van der Waals surface area contributed by atoms with Gasteiger partial charge < -0.3 is 68.4 Å². The van der Waals surface area contributed by atoms with Crippen molar-refractivity contribution >= 4 is 99.0 Å². The summed E-state index contributed by atoms with van der Waals surface area (Å²) in [4.78, 5) is 120. The van der Waals surface area contributed by atoms with E-state index >= 15 is 13.2 Å². The quantitative estimate of drug-likeness (QED) is 0.0156. The van der Waals surface area contributed by atoms with Crippen LogP contribution in [0.1, 0.15) is 84.0 Å². The summed E-state index contributed by atoms with van der Waals surface area (Å²) >= 11 is 3.24. The number of aliphatic hydroxyl groups excluding tert-OH is 1. The highest BCUT2D eigenvalue weighted by atomic mass is 32.2. The number of hydrogen-bond acceptors (Lipinski definition) is 22. The summed E-state index contributed by atoms with van der Waals surface area (Å²) in [5.74, 6) is -8.14. The number of morpholine rings is 2. The number of carbonyl (C=O) groups excluding carboxylic acids is 7. The van der Waals surface area contributed by atoms with E-state index in [4.69, 9.17) is 38.1 Å². The molecule has 2 aromatic heterocycles. The third-order valence-corrected chi connectivity index (χ3v) is 22.1. The first-order valence-corrected chi connectivity index (χ1v) is 35.9. The van der Waals surface area contributed by atoms with Crippen LogP contribution in [0.15, 0.2) is 102 Å². The van der Waals surface area contributed by atoms with Crippen LogP contribution in [0.4, 0.5) is 24.5 Å². The molecule has 2 saturated heterocycles. The minimum Gasteiger partial charge on any atom is -0.485 e. The topological polar surface area (TPSA) is 305 Å². The number of benzene rings is 4. The Bertz CT molecular complexity index is 4280. The van der Waals surface area contributed by atoms with Crippen LogP contribution in [0.25, 0.3) is 22.3 Å². The van der Waals surface area contributed by atoms with Crippen molar-refractivity contribution in [2.45, 2.75) is 98.7 Å². The predicted molar refractivity (Wildman–Crippen MR) is 369 cm³/mol. The fraction of sp³-hybridized carbons (Fsp3) is 0.423. The summed E-state index contributed by atoms with van der Waals surface area (Å²) in [5.41, 5.74) is -0.581. The molecule has 102 heavy (non-hydrogen) atoms. The van der Waals surface area contributed by atoms with Gasteiger partial charge in [0.05, 0.1) is 122 Å². The summed E-state index contributed by atoms with van der Waals surface area (Å²) in [5, 5.41) is 31.2. The second kappa shape index (κ2) is 31.4. The van der Waals surface area contributed by atoms with Crippen molar-refractivity contribution in [3.8, 4) is 17.1 Å². The molecule has 31 heteroatoms. The van der Waals surface area contributed by atoms with Gasteiger partial charge in [0.25, 0.3) is 29.2 Å². The molecule has 4 aromatic carbocycles. The normalized spacial score (nSPS) is 18.4. The molecule has 6 aliphatic heterocycles. The van der Waals surface area contributed by atoms with Crippen LogP contribution in [0.5, 0.6) is 5.75 Å². The molecule has 8 heterocycles. The SMILES string of the molecule is CC[C@@]1(O)C(=O)OCc2c1cc1n(c2=O)Cc2c-1nc1cc(F)c(NC(=O)[C@H](C)NC(=O)C(C)(NC(O)COCCOCCOCCOc3c(F)cc(N4C(=O)C(Sc5ccc(C(=O)N6CCOCC6)cc5)=C(Sc5ccc(C(=O)N6CCOCC6)cc5)C4=O)cc3F)C(C)C)c3c1c2CCS3. The molecule has 2 fully saturated rings. The number of nitrogens with one attached hydrogen (secondary N) is 3. The summed E-state index contributed by atoms with van der Waals surface area (Å²) < 4.78 is 87.5. The van der Waals surface area contributed by atoms with Crippen molar-refractivity contribution in [3.63, 3.8) is 0 Å². The van der Waals surface area contributed by atoms with Crippen molar-refractivity contribution in [3.05, 3.63) is 144 Å². The number of pyridine rings is 2. The zero-order valence-electron chi connectivity index (χ0n) is 56.4. The number of esters is 1. The number of amides is 6. The van der Waals surface area contributed by atoms with E-state index in [1.54, 1.807) is 92.1 Å². The van der Waals surface area contributed by atoms with E-state index in [1.807, 2.05) is 0 Å². The second-order valence-corrected chi connectivity index (χ2v) is 28.6. The maximum atomic E-state index is 16.3. The van der Waals surface area contributed by atoms with Crippen LogP contribution in [0.3, 0.4) is 0 Å². The van der Waals surface area contributed by atoms with E-state index in [1.165, 1.54) is 29.3 Å². The van der Waals surface area contributed by atoms with Crippen LogP contribution < -0.4 is 31.1 Å². The minimum atomic E-state index is -2.02. The Hall–Kier alpha value is -8.21. The van der Waals surface area contributed by atoms with Crippen molar-refractivity contribution < 1.29 is 90.1 Å². The summed E-state index contributed by atoms with van der Waals surface area (Å²) in [7, 11) is 0. The molecule has 5 N–H and O–H groups in total. The van der Waals surface area contributed by atoms with Crippen LogP contribution in [0, 0.1) is 23.4 Å². The van der Waals surface area contributed by atoms with Crippen molar-refractivity contribution in [1.82, 2.24) is 30.0 Å². The lowest BCUT2D eigenvalue weighted by molar-refractivity contribution is -0.172. The first-order chi connectivity index (χ1) is 49.0. The molecule has 4 atom stereocenters. The van der Waals surface area contributed by atoms with E-state index in [0.717, 1.165) is 46.8 Å². The molecule has 6 aliphatic rings. The third kappa shape index (κ3) is 15.0. The van der Waals surface area contributed by atoms with Gasteiger partial charge in [0.2, 0.25) is 11.8 Å². The largest absolute Gasteiger partial charge is 0.485 e. The van der Waals surface area contributed by atoms with Crippen LogP contribution in [-0.4, -0.2) is 193 Å². The zero-order chi connectivity index (χ0) is 72.3. The molecule has 0 radical (unpaired) electrons. The standard InChI is InChI=1S/C71H75F3N8O17S3/c1-6-71(92)48-33-53-56-46(35-81(53)65(87)47(48)36-99-69(71)91)45-15-30-100-59-55(45)52(76-56)34-49(72)57(59)77-62(84)39(4)75-68(90)70(5,38(2)3)78-54(83)37-97-27-26-95-24-25-96-28-29-98-58-50(73)31-42(32-51(58)74)82-66(88)60(101-43-11-7-40(8-12-43)63(85)79-16-20-93-21-17-79)61(67(82)89)102-44-13-9-41(10-14-44)64(86)80-18-22-94-23-19-80/h7-14,31-34,38-39,54,78,83,92H,6,15-30,35-37H2,1-5H3,(H,75,90)(H,77,84)/t39-,54?,70?,71-/m0/s1. The van der Waals surface area contributed by atoms with Crippen molar-refractivity contribution in [2.75, 3.05) is 115 Å². The number of nitrogens with zero attached hydrogens (tertiary/aromatic N) is 5. The number of hydrogen-bond donors (Lipinski definition) is 5. The molecular formula is C71H75F3N8O17S3. The monoisotopic (exact) mass is 1460 g/mol.